The number of carbonyl (C=O) groups excluding carboxylic acids is 2. The van der Waals surface area contributed by atoms with E-state index in [1.54, 1.807) is 0 Å². The van der Waals surface area contributed by atoms with E-state index < -0.39 is 0 Å². The molecular formula is C20H24FN3O2. The topological polar surface area (TPSA) is 70.2 Å². The van der Waals surface area contributed by atoms with Crippen molar-refractivity contribution in [1.29, 1.82) is 0 Å². The number of benzene rings is 2. The summed E-state index contributed by atoms with van der Waals surface area (Å²) in [5, 5.41) is 8.39. The molecule has 2 aromatic rings. The highest BCUT2D eigenvalue weighted by Crippen LogP contribution is 2.20. The largest absolute Gasteiger partial charge is 0.346 e. The lowest BCUT2D eigenvalue weighted by Crippen LogP contribution is -2.40. The molecular weight excluding hydrogens is 333 g/mol. The maximum absolute atomic E-state index is 12.8. The lowest BCUT2D eigenvalue weighted by molar-refractivity contribution is -0.123. The van der Waals surface area contributed by atoms with Crippen molar-refractivity contribution in [2.45, 2.75) is 19.9 Å². The number of hydrogen-bond acceptors (Lipinski definition) is 3. The van der Waals surface area contributed by atoms with E-state index in [0.717, 1.165) is 5.56 Å². The summed E-state index contributed by atoms with van der Waals surface area (Å²) in [5.41, 5.74) is 1.59. The van der Waals surface area contributed by atoms with Crippen LogP contribution in [0.25, 0.3) is 0 Å². The quantitative estimate of drug-likeness (QED) is 0.680. The average molecular weight is 357 g/mol. The summed E-state index contributed by atoms with van der Waals surface area (Å²) >= 11 is 0. The molecule has 3 N–H and O–H groups in total. The van der Waals surface area contributed by atoms with Crippen LogP contribution in [-0.2, 0) is 9.59 Å². The molecule has 2 rings (SSSR count). The SMILES string of the molecule is CC(C)[C@H](NCC(=O)NCC(=O)Nc1ccc(F)cc1)c1ccccc1. The Labute approximate surface area is 153 Å². The highest BCUT2D eigenvalue weighted by Gasteiger charge is 2.16. The van der Waals surface area contributed by atoms with Gasteiger partial charge in [-0.25, -0.2) is 4.39 Å². The molecule has 0 aliphatic rings. The first kappa shape index (κ1) is 19.6. The van der Waals surface area contributed by atoms with Crippen molar-refractivity contribution in [3.63, 3.8) is 0 Å². The van der Waals surface area contributed by atoms with Crippen LogP contribution in [0.15, 0.2) is 54.6 Å². The molecule has 1 atom stereocenters. The van der Waals surface area contributed by atoms with Crippen LogP contribution in [0, 0.1) is 11.7 Å². The smallest absolute Gasteiger partial charge is 0.243 e. The van der Waals surface area contributed by atoms with Crippen LogP contribution in [-0.4, -0.2) is 24.9 Å². The molecule has 2 amide bonds. The molecule has 2 aromatic carbocycles. The number of anilines is 1. The average Bonchev–Trinajstić information content (AvgIpc) is 2.63. The van der Waals surface area contributed by atoms with Gasteiger partial charge in [0.25, 0.3) is 0 Å². The number of carbonyl (C=O) groups is 2. The zero-order valence-electron chi connectivity index (χ0n) is 15.0. The molecule has 0 bridgehead atoms. The van der Waals surface area contributed by atoms with E-state index in [-0.39, 0.29) is 36.8 Å². The predicted molar refractivity (Wildman–Crippen MR) is 100 cm³/mol. The molecule has 0 unspecified atom stereocenters. The van der Waals surface area contributed by atoms with Gasteiger partial charge in [0.15, 0.2) is 0 Å². The molecule has 26 heavy (non-hydrogen) atoms. The normalized spacial score (nSPS) is 11.8. The van der Waals surface area contributed by atoms with Gasteiger partial charge in [-0.15, -0.1) is 0 Å². The molecule has 0 radical (unpaired) electrons. The zero-order chi connectivity index (χ0) is 18.9. The summed E-state index contributed by atoms with van der Waals surface area (Å²) in [6, 6.07) is 15.4. The van der Waals surface area contributed by atoms with E-state index in [2.05, 4.69) is 29.8 Å². The second-order valence-electron chi connectivity index (χ2n) is 6.35. The first-order valence-electron chi connectivity index (χ1n) is 8.56. The summed E-state index contributed by atoms with van der Waals surface area (Å²) in [6.07, 6.45) is 0. The van der Waals surface area contributed by atoms with Gasteiger partial charge in [0.05, 0.1) is 13.1 Å². The Balaban J connectivity index is 1.77. The Morgan fingerprint density at radius 2 is 1.58 bits per heavy atom. The Morgan fingerprint density at radius 1 is 0.923 bits per heavy atom. The highest BCUT2D eigenvalue weighted by molar-refractivity contribution is 5.94. The fourth-order valence-corrected chi connectivity index (χ4v) is 2.58. The summed E-state index contributed by atoms with van der Waals surface area (Å²) in [4.78, 5) is 23.8. The zero-order valence-corrected chi connectivity index (χ0v) is 15.0. The van der Waals surface area contributed by atoms with Crippen molar-refractivity contribution in [3.8, 4) is 0 Å². The van der Waals surface area contributed by atoms with Crippen molar-refractivity contribution in [3.05, 3.63) is 66.0 Å². The van der Waals surface area contributed by atoms with Crippen molar-refractivity contribution in [1.82, 2.24) is 10.6 Å². The number of halogens is 1. The summed E-state index contributed by atoms with van der Waals surface area (Å²) in [6.45, 7) is 4.13. The standard InChI is InChI=1S/C20H24FN3O2/c1-14(2)20(15-6-4-3-5-7-15)23-12-18(25)22-13-19(26)24-17-10-8-16(21)9-11-17/h3-11,14,20,23H,12-13H2,1-2H3,(H,22,25)(H,24,26)/t20-/m0/s1. The van der Waals surface area contributed by atoms with Crippen LogP contribution in [0.1, 0.15) is 25.5 Å². The monoisotopic (exact) mass is 357 g/mol. The highest BCUT2D eigenvalue weighted by atomic mass is 19.1. The fourth-order valence-electron chi connectivity index (χ4n) is 2.58. The minimum atomic E-state index is -0.375. The van der Waals surface area contributed by atoms with Gasteiger partial charge in [0.2, 0.25) is 11.8 Å². The number of hydrogen-bond donors (Lipinski definition) is 3. The Bertz CT molecular complexity index is 718. The van der Waals surface area contributed by atoms with Gasteiger partial charge >= 0.3 is 0 Å². The van der Waals surface area contributed by atoms with Gasteiger partial charge < -0.3 is 16.0 Å². The molecule has 6 heteroatoms. The second kappa shape index (κ2) is 9.68. The van der Waals surface area contributed by atoms with Crippen LogP contribution < -0.4 is 16.0 Å². The first-order valence-corrected chi connectivity index (χ1v) is 8.56. The van der Waals surface area contributed by atoms with Crippen LogP contribution in [0.4, 0.5) is 10.1 Å². The van der Waals surface area contributed by atoms with E-state index in [9.17, 15) is 14.0 Å². The van der Waals surface area contributed by atoms with Gasteiger partial charge in [-0.1, -0.05) is 44.2 Å². The lowest BCUT2D eigenvalue weighted by Gasteiger charge is -2.22. The molecule has 138 valence electrons. The summed E-state index contributed by atoms with van der Waals surface area (Å²) < 4.78 is 12.8. The van der Waals surface area contributed by atoms with Crippen LogP contribution in [0.2, 0.25) is 0 Å². The third kappa shape index (κ3) is 6.29. The third-order valence-electron chi connectivity index (χ3n) is 3.88. The van der Waals surface area contributed by atoms with Crippen LogP contribution in [0.5, 0.6) is 0 Å². The molecule has 0 aromatic heterocycles. The predicted octanol–water partition coefficient (Wildman–Crippen LogP) is 2.87. The van der Waals surface area contributed by atoms with Crippen molar-refractivity contribution in [2.24, 2.45) is 5.92 Å². The van der Waals surface area contributed by atoms with E-state index in [1.807, 2.05) is 30.3 Å². The van der Waals surface area contributed by atoms with Crippen molar-refractivity contribution < 1.29 is 14.0 Å². The van der Waals surface area contributed by atoms with Crippen LogP contribution in [0.3, 0.4) is 0 Å². The lowest BCUT2D eigenvalue weighted by atomic mass is 9.96. The molecule has 0 fully saturated rings. The summed E-state index contributed by atoms with van der Waals surface area (Å²) in [7, 11) is 0. The van der Waals surface area contributed by atoms with E-state index in [4.69, 9.17) is 0 Å². The fraction of sp³-hybridized carbons (Fsp3) is 0.300. The van der Waals surface area contributed by atoms with E-state index in [1.165, 1.54) is 24.3 Å². The van der Waals surface area contributed by atoms with Gasteiger partial charge in [-0.05, 0) is 35.7 Å². The number of nitrogens with one attached hydrogen (secondary N) is 3. The van der Waals surface area contributed by atoms with Gasteiger partial charge in [-0.3, -0.25) is 9.59 Å². The van der Waals surface area contributed by atoms with E-state index in [0.29, 0.717) is 11.6 Å². The number of rotatable bonds is 8. The van der Waals surface area contributed by atoms with Gasteiger partial charge in [0.1, 0.15) is 5.82 Å². The third-order valence-corrected chi connectivity index (χ3v) is 3.88. The Morgan fingerprint density at radius 3 is 2.19 bits per heavy atom. The molecule has 5 nitrogen and oxygen atoms in total. The first-order chi connectivity index (χ1) is 12.5. The molecule has 0 spiro atoms. The van der Waals surface area contributed by atoms with Gasteiger partial charge in [-0.2, -0.15) is 0 Å². The maximum atomic E-state index is 12.8. The molecule has 0 aliphatic heterocycles. The minimum Gasteiger partial charge on any atom is -0.346 e. The van der Waals surface area contributed by atoms with Crippen molar-refractivity contribution >= 4 is 17.5 Å². The summed E-state index contributed by atoms with van der Waals surface area (Å²) in [5.74, 6) is -0.693. The Kier molecular flexibility index (Phi) is 7.29. The van der Waals surface area contributed by atoms with Crippen molar-refractivity contribution in [2.75, 3.05) is 18.4 Å². The molecule has 0 heterocycles. The second-order valence-corrected chi connectivity index (χ2v) is 6.35. The van der Waals surface area contributed by atoms with Gasteiger partial charge in [0, 0.05) is 11.7 Å². The molecule has 0 saturated heterocycles. The van der Waals surface area contributed by atoms with E-state index >= 15 is 0 Å². The number of amides is 2. The Hall–Kier alpha value is -2.73. The van der Waals surface area contributed by atoms with Crippen LogP contribution >= 0.6 is 0 Å². The maximum Gasteiger partial charge on any atom is 0.243 e. The minimum absolute atomic E-state index is 0.0509. The molecule has 0 saturated carbocycles. The molecule has 0 aliphatic carbocycles.